The Labute approximate surface area is 87.3 Å². The Balaban J connectivity index is 2.08. The highest BCUT2D eigenvalue weighted by Crippen LogP contribution is 2.29. The van der Waals surface area contributed by atoms with E-state index in [0.717, 1.165) is 31.7 Å². The molecule has 0 aromatic heterocycles. The maximum Gasteiger partial charge on any atom is 0.0901 e. The molecule has 0 aromatic carbocycles. The molecule has 0 spiro atoms. The zero-order valence-corrected chi connectivity index (χ0v) is 9.21. The van der Waals surface area contributed by atoms with Gasteiger partial charge in [0.25, 0.3) is 0 Å². The Bertz CT molecular complexity index is 148. The van der Waals surface area contributed by atoms with Gasteiger partial charge >= 0.3 is 0 Å². The maximum absolute atomic E-state index is 5.44. The summed E-state index contributed by atoms with van der Waals surface area (Å²) in [6, 6.07) is 0. The molecule has 0 unspecified atom stereocenters. The van der Waals surface area contributed by atoms with Crippen molar-refractivity contribution in [3.63, 3.8) is 0 Å². The van der Waals surface area contributed by atoms with Crippen molar-refractivity contribution in [3.05, 3.63) is 12.8 Å². The number of hydrogen-bond donors (Lipinski definition) is 0. The van der Waals surface area contributed by atoms with Crippen LogP contribution in [0.5, 0.6) is 0 Å². The number of ether oxygens (including phenoxy) is 2. The molecule has 0 atom stereocenters. The molecular formula is C12H22O2. The van der Waals surface area contributed by atoms with Crippen LogP contribution in [0.25, 0.3) is 0 Å². The zero-order valence-electron chi connectivity index (χ0n) is 9.21. The summed E-state index contributed by atoms with van der Waals surface area (Å²) in [5, 5.41) is 0. The molecule has 0 heterocycles. The molecule has 14 heavy (non-hydrogen) atoms. The van der Waals surface area contributed by atoms with Crippen molar-refractivity contribution in [2.75, 3.05) is 19.8 Å². The largest absolute Gasteiger partial charge is 0.502 e. The third-order valence-electron chi connectivity index (χ3n) is 2.97. The van der Waals surface area contributed by atoms with Gasteiger partial charge in [0.2, 0.25) is 0 Å². The fourth-order valence-corrected chi connectivity index (χ4v) is 2.05. The normalized spacial score (nSPS) is 27.2. The molecule has 2 heteroatoms. The van der Waals surface area contributed by atoms with Gasteiger partial charge in [-0.2, -0.15) is 0 Å². The summed E-state index contributed by atoms with van der Waals surface area (Å²) < 4.78 is 10.7. The number of hydrogen-bond acceptors (Lipinski definition) is 2. The fraction of sp³-hybridized carbons (Fsp3) is 0.833. The molecule has 0 aliphatic heterocycles. The average molecular weight is 198 g/mol. The van der Waals surface area contributed by atoms with Crippen LogP contribution in [0, 0.1) is 11.8 Å². The lowest BCUT2D eigenvalue weighted by Gasteiger charge is -2.27. The second-order valence-electron chi connectivity index (χ2n) is 4.05. The minimum absolute atomic E-state index is 0.742. The van der Waals surface area contributed by atoms with Crippen LogP contribution in [0.15, 0.2) is 12.8 Å². The van der Waals surface area contributed by atoms with Gasteiger partial charge in [-0.05, 0) is 44.4 Å². The molecule has 0 aromatic rings. The molecule has 1 rings (SSSR count). The molecule has 0 bridgehead atoms. The van der Waals surface area contributed by atoms with Crippen LogP contribution in [-0.4, -0.2) is 19.8 Å². The fourth-order valence-electron chi connectivity index (χ4n) is 2.05. The Hall–Kier alpha value is -0.500. The molecule has 0 saturated heterocycles. The lowest BCUT2D eigenvalue weighted by Crippen LogP contribution is -2.21. The van der Waals surface area contributed by atoms with Crippen LogP contribution in [0.4, 0.5) is 0 Å². The van der Waals surface area contributed by atoms with Gasteiger partial charge in [0.05, 0.1) is 12.9 Å². The van der Waals surface area contributed by atoms with Gasteiger partial charge in [0.1, 0.15) is 0 Å². The Morgan fingerprint density at radius 3 is 2.21 bits per heavy atom. The van der Waals surface area contributed by atoms with Crippen molar-refractivity contribution in [2.24, 2.45) is 11.8 Å². The Morgan fingerprint density at radius 1 is 1.14 bits per heavy atom. The van der Waals surface area contributed by atoms with Crippen molar-refractivity contribution in [1.29, 1.82) is 0 Å². The van der Waals surface area contributed by atoms with E-state index in [4.69, 9.17) is 9.47 Å². The molecule has 0 N–H and O–H groups in total. The smallest absolute Gasteiger partial charge is 0.0901 e. The first-order chi connectivity index (χ1) is 6.86. The first-order valence-corrected chi connectivity index (χ1v) is 5.67. The monoisotopic (exact) mass is 198 g/mol. The summed E-state index contributed by atoms with van der Waals surface area (Å²) in [5.74, 6) is 1.53. The van der Waals surface area contributed by atoms with Crippen molar-refractivity contribution in [1.82, 2.24) is 0 Å². The first-order valence-electron chi connectivity index (χ1n) is 5.67. The Kier molecular flexibility index (Phi) is 5.69. The number of rotatable bonds is 6. The van der Waals surface area contributed by atoms with Crippen LogP contribution >= 0.6 is 0 Å². The zero-order chi connectivity index (χ0) is 10.2. The van der Waals surface area contributed by atoms with Crippen molar-refractivity contribution in [3.8, 4) is 0 Å². The van der Waals surface area contributed by atoms with Gasteiger partial charge in [-0.3, -0.25) is 0 Å². The quantitative estimate of drug-likeness (QED) is 0.611. The van der Waals surface area contributed by atoms with E-state index in [1.165, 1.54) is 25.7 Å². The van der Waals surface area contributed by atoms with Crippen molar-refractivity contribution >= 4 is 0 Å². The highest BCUT2D eigenvalue weighted by Gasteiger charge is 2.21. The van der Waals surface area contributed by atoms with E-state index in [1.807, 2.05) is 0 Å². The average Bonchev–Trinajstić information content (AvgIpc) is 2.25. The van der Waals surface area contributed by atoms with Crippen LogP contribution < -0.4 is 0 Å². The second-order valence-corrected chi connectivity index (χ2v) is 4.05. The minimum Gasteiger partial charge on any atom is -0.502 e. The molecule has 2 nitrogen and oxygen atoms in total. The van der Waals surface area contributed by atoms with E-state index < -0.39 is 0 Å². The molecule has 0 amide bonds. The summed E-state index contributed by atoms with van der Waals surface area (Å²) in [6.07, 6.45) is 6.71. The highest BCUT2D eigenvalue weighted by atomic mass is 16.5. The van der Waals surface area contributed by atoms with Gasteiger partial charge in [-0.15, -0.1) is 0 Å². The van der Waals surface area contributed by atoms with E-state index in [0.29, 0.717) is 0 Å². The van der Waals surface area contributed by atoms with Crippen molar-refractivity contribution in [2.45, 2.75) is 32.6 Å². The first kappa shape index (κ1) is 11.6. The van der Waals surface area contributed by atoms with Gasteiger partial charge in [0.15, 0.2) is 0 Å². The molecular weight excluding hydrogens is 176 g/mol. The summed E-state index contributed by atoms with van der Waals surface area (Å²) >= 11 is 0. The third kappa shape index (κ3) is 4.14. The molecule has 1 aliphatic carbocycles. The van der Waals surface area contributed by atoms with Gasteiger partial charge in [-0.25, -0.2) is 0 Å². The summed E-state index contributed by atoms with van der Waals surface area (Å²) in [4.78, 5) is 0. The van der Waals surface area contributed by atoms with E-state index in [-0.39, 0.29) is 0 Å². The van der Waals surface area contributed by atoms with Gasteiger partial charge in [0, 0.05) is 13.2 Å². The van der Waals surface area contributed by atoms with E-state index >= 15 is 0 Å². The van der Waals surface area contributed by atoms with E-state index in [9.17, 15) is 0 Å². The Morgan fingerprint density at radius 2 is 1.71 bits per heavy atom. The van der Waals surface area contributed by atoms with E-state index in [1.54, 1.807) is 6.26 Å². The van der Waals surface area contributed by atoms with Gasteiger partial charge in [-0.1, -0.05) is 6.58 Å². The van der Waals surface area contributed by atoms with Gasteiger partial charge < -0.3 is 9.47 Å². The summed E-state index contributed by atoms with van der Waals surface area (Å²) in [5.41, 5.74) is 0. The van der Waals surface area contributed by atoms with Crippen LogP contribution in [0.2, 0.25) is 0 Å². The summed E-state index contributed by atoms with van der Waals surface area (Å²) in [7, 11) is 0. The minimum atomic E-state index is 0.742. The van der Waals surface area contributed by atoms with Crippen molar-refractivity contribution < 1.29 is 9.47 Å². The van der Waals surface area contributed by atoms with Crippen LogP contribution in [-0.2, 0) is 9.47 Å². The molecule has 82 valence electrons. The molecule has 1 saturated carbocycles. The SMILES string of the molecule is C=COCC1CCC(COCC)CC1. The van der Waals surface area contributed by atoms with Crippen LogP contribution in [0.3, 0.4) is 0 Å². The van der Waals surface area contributed by atoms with Crippen LogP contribution in [0.1, 0.15) is 32.6 Å². The molecule has 0 radical (unpaired) electrons. The maximum atomic E-state index is 5.44. The molecule has 1 aliphatic rings. The lowest BCUT2D eigenvalue weighted by atomic mass is 9.83. The summed E-state index contributed by atoms with van der Waals surface area (Å²) in [6.45, 7) is 8.27. The third-order valence-corrected chi connectivity index (χ3v) is 2.97. The van der Waals surface area contributed by atoms with E-state index in [2.05, 4.69) is 13.5 Å². The predicted octanol–water partition coefficient (Wildman–Crippen LogP) is 2.99. The standard InChI is InChI=1S/C12H22O2/c1-3-13-9-11-5-7-12(8-6-11)10-14-4-2/h3,11-12H,1,4-10H2,2H3. The topological polar surface area (TPSA) is 18.5 Å². The molecule has 1 fully saturated rings. The highest BCUT2D eigenvalue weighted by molar-refractivity contribution is 4.72. The second kappa shape index (κ2) is 6.88. The lowest BCUT2D eigenvalue weighted by molar-refractivity contribution is 0.0746. The predicted molar refractivity (Wildman–Crippen MR) is 58.1 cm³/mol.